The Morgan fingerprint density at radius 3 is 2.52 bits per heavy atom. The third-order valence-corrected chi connectivity index (χ3v) is 4.52. The van der Waals surface area contributed by atoms with Gasteiger partial charge in [0.15, 0.2) is 0 Å². The molecule has 0 aliphatic carbocycles. The summed E-state index contributed by atoms with van der Waals surface area (Å²) in [5.74, 6) is 1.16. The topological polar surface area (TPSA) is 123 Å². The standard InChI is InChI=1S/C16H24N6O2S/c1-2-3-4-10-18-15-12-20-22-16(21-15)19-11-9-13-5-7-14(8-6-13)25(17,23)24/h5-8,12H,2-4,9-11H2,1H3,(H2,17,23,24)(H2,18,19,21,22). The summed E-state index contributed by atoms with van der Waals surface area (Å²) in [4.78, 5) is 4.47. The first-order chi connectivity index (χ1) is 12.0. The summed E-state index contributed by atoms with van der Waals surface area (Å²) in [6.45, 7) is 3.63. The number of anilines is 2. The Morgan fingerprint density at radius 1 is 1.08 bits per heavy atom. The van der Waals surface area contributed by atoms with E-state index >= 15 is 0 Å². The molecule has 8 nitrogen and oxygen atoms in total. The predicted molar refractivity (Wildman–Crippen MR) is 97.9 cm³/mol. The molecule has 9 heteroatoms. The van der Waals surface area contributed by atoms with Crippen LogP contribution in [0.4, 0.5) is 11.8 Å². The van der Waals surface area contributed by atoms with Gasteiger partial charge in [-0.2, -0.15) is 10.1 Å². The minimum Gasteiger partial charge on any atom is -0.369 e. The second-order valence-electron chi connectivity index (χ2n) is 5.66. The van der Waals surface area contributed by atoms with Gasteiger partial charge in [-0.05, 0) is 30.5 Å². The molecule has 2 rings (SSSR count). The van der Waals surface area contributed by atoms with Crippen molar-refractivity contribution in [3.63, 3.8) is 0 Å². The van der Waals surface area contributed by atoms with Crippen molar-refractivity contribution >= 4 is 21.8 Å². The predicted octanol–water partition coefficient (Wildman–Crippen LogP) is 1.78. The number of hydrogen-bond donors (Lipinski definition) is 3. The molecular weight excluding hydrogens is 340 g/mol. The van der Waals surface area contributed by atoms with E-state index in [-0.39, 0.29) is 4.90 Å². The number of primary sulfonamides is 1. The molecular formula is C16H24N6O2S. The summed E-state index contributed by atoms with van der Waals surface area (Å²) in [5, 5.41) is 19.3. The van der Waals surface area contributed by atoms with Crippen molar-refractivity contribution in [2.45, 2.75) is 37.5 Å². The van der Waals surface area contributed by atoms with Gasteiger partial charge in [0, 0.05) is 13.1 Å². The van der Waals surface area contributed by atoms with Crippen molar-refractivity contribution in [3.8, 4) is 0 Å². The Bertz CT molecular complexity index is 764. The van der Waals surface area contributed by atoms with Gasteiger partial charge in [-0.15, -0.1) is 5.10 Å². The number of hydrogen-bond acceptors (Lipinski definition) is 7. The molecule has 0 bridgehead atoms. The number of unbranched alkanes of at least 4 members (excludes halogenated alkanes) is 2. The highest BCUT2D eigenvalue weighted by atomic mass is 32.2. The van der Waals surface area contributed by atoms with E-state index in [4.69, 9.17) is 5.14 Å². The lowest BCUT2D eigenvalue weighted by Gasteiger charge is -2.08. The maximum Gasteiger partial charge on any atom is 0.244 e. The Morgan fingerprint density at radius 2 is 1.84 bits per heavy atom. The minimum absolute atomic E-state index is 0.110. The molecule has 136 valence electrons. The van der Waals surface area contributed by atoms with Crippen LogP contribution < -0.4 is 15.8 Å². The van der Waals surface area contributed by atoms with Crippen LogP contribution in [0.15, 0.2) is 35.4 Å². The van der Waals surface area contributed by atoms with Crippen molar-refractivity contribution < 1.29 is 8.42 Å². The Labute approximate surface area is 148 Å². The third-order valence-electron chi connectivity index (χ3n) is 3.59. The highest BCUT2D eigenvalue weighted by Crippen LogP contribution is 2.10. The summed E-state index contributed by atoms with van der Waals surface area (Å²) in [7, 11) is -3.65. The Hall–Kier alpha value is -2.26. The average Bonchev–Trinajstić information content (AvgIpc) is 2.59. The molecule has 1 heterocycles. The maximum atomic E-state index is 11.2. The van der Waals surface area contributed by atoms with Crippen LogP contribution in [0.2, 0.25) is 0 Å². The fourth-order valence-electron chi connectivity index (χ4n) is 2.22. The molecule has 0 unspecified atom stereocenters. The first kappa shape index (κ1) is 19.1. The van der Waals surface area contributed by atoms with Crippen LogP contribution >= 0.6 is 0 Å². The summed E-state index contributed by atoms with van der Waals surface area (Å²) in [5.41, 5.74) is 0.988. The van der Waals surface area contributed by atoms with Crippen LogP contribution in [0.5, 0.6) is 0 Å². The number of aromatic nitrogens is 3. The number of nitrogens with zero attached hydrogens (tertiary/aromatic N) is 3. The van der Waals surface area contributed by atoms with Crippen molar-refractivity contribution in [1.82, 2.24) is 15.2 Å². The van der Waals surface area contributed by atoms with Gasteiger partial charge in [-0.25, -0.2) is 13.6 Å². The van der Waals surface area contributed by atoms with E-state index in [1.807, 2.05) is 0 Å². The normalized spacial score (nSPS) is 11.3. The molecule has 0 saturated carbocycles. The molecule has 0 aliphatic heterocycles. The highest BCUT2D eigenvalue weighted by Gasteiger charge is 2.06. The molecule has 0 radical (unpaired) electrons. The van der Waals surface area contributed by atoms with E-state index < -0.39 is 10.0 Å². The third kappa shape index (κ3) is 6.63. The Kier molecular flexibility index (Phi) is 7.08. The number of nitrogens with one attached hydrogen (secondary N) is 2. The van der Waals surface area contributed by atoms with Crippen molar-refractivity contribution in [2.24, 2.45) is 5.14 Å². The summed E-state index contributed by atoms with van der Waals surface area (Å²) in [6.07, 6.45) is 5.75. The van der Waals surface area contributed by atoms with Gasteiger partial charge >= 0.3 is 0 Å². The largest absolute Gasteiger partial charge is 0.369 e. The highest BCUT2D eigenvalue weighted by molar-refractivity contribution is 7.89. The van der Waals surface area contributed by atoms with Gasteiger partial charge in [-0.3, -0.25) is 0 Å². The van der Waals surface area contributed by atoms with Gasteiger partial charge in [0.1, 0.15) is 5.82 Å². The number of nitrogens with two attached hydrogens (primary N) is 1. The molecule has 1 aromatic heterocycles. The first-order valence-corrected chi connectivity index (χ1v) is 9.83. The maximum absolute atomic E-state index is 11.2. The van der Waals surface area contributed by atoms with Crippen LogP contribution in [0.1, 0.15) is 31.7 Å². The van der Waals surface area contributed by atoms with Gasteiger partial charge < -0.3 is 10.6 Å². The van der Waals surface area contributed by atoms with Crippen molar-refractivity contribution in [1.29, 1.82) is 0 Å². The zero-order chi connectivity index (χ0) is 18.1. The van der Waals surface area contributed by atoms with E-state index in [0.29, 0.717) is 24.7 Å². The fraction of sp³-hybridized carbons (Fsp3) is 0.438. The van der Waals surface area contributed by atoms with Crippen LogP contribution in [0.3, 0.4) is 0 Å². The molecule has 0 amide bonds. The SMILES string of the molecule is CCCCCNc1cnnc(NCCc2ccc(S(N)(=O)=O)cc2)n1. The van der Waals surface area contributed by atoms with E-state index in [2.05, 4.69) is 32.7 Å². The summed E-state index contributed by atoms with van der Waals surface area (Å²) >= 11 is 0. The Balaban J connectivity index is 1.81. The summed E-state index contributed by atoms with van der Waals surface area (Å²) in [6, 6.07) is 6.49. The molecule has 2 aromatic rings. The fourth-order valence-corrected chi connectivity index (χ4v) is 2.73. The van der Waals surface area contributed by atoms with Gasteiger partial charge in [0.05, 0.1) is 11.1 Å². The molecule has 0 atom stereocenters. The molecule has 4 N–H and O–H groups in total. The lowest BCUT2D eigenvalue weighted by Crippen LogP contribution is -2.13. The van der Waals surface area contributed by atoms with E-state index in [0.717, 1.165) is 18.5 Å². The number of benzene rings is 1. The second-order valence-corrected chi connectivity index (χ2v) is 7.23. The summed E-state index contributed by atoms with van der Waals surface area (Å²) < 4.78 is 22.4. The van der Waals surface area contributed by atoms with Gasteiger partial charge in [-0.1, -0.05) is 31.9 Å². The number of rotatable bonds is 10. The lowest BCUT2D eigenvalue weighted by molar-refractivity contribution is 0.598. The minimum atomic E-state index is -3.65. The molecule has 25 heavy (non-hydrogen) atoms. The van der Waals surface area contributed by atoms with Crippen LogP contribution in [0, 0.1) is 0 Å². The second kappa shape index (κ2) is 9.28. The molecule has 0 spiro atoms. The quantitative estimate of drug-likeness (QED) is 0.549. The zero-order valence-corrected chi connectivity index (χ0v) is 15.1. The molecule has 0 saturated heterocycles. The molecule has 0 aliphatic rings. The van der Waals surface area contributed by atoms with Crippen molar-refractivity contribution in [3.05, 3.63) is 36.0 Å². The van der Waals surface area contributed by atoms with Crippen LogP contribution in [0.25, 0.3) is 0 Å². The number of sulfonamides is 1. The van der Waals surface area contributed by atoms with Gasteiger partial charge in [0.25, 0.3) is 0 Å². The van der Waals surface area contributed by atoms with Crippen molar-refractivity contribution in [2.75, 3.05) is 23.7 Å². The van der Waals surface area contributed by atoms with E-state index in [1.54, 1.807) is 18.3 Å². The smallest absolute Gasteiger partial charge is 0.244 e. The molecule has 1 aromatic carbocycles. The zero-order valence-electron chi connectivity index (χ0n) is 14.3. The van der Waals surface area contributed by atoms with Gasteiger partial charge in [0.2, 0.25) is 16.0 Å². The van der Waals surface area contributed by atoms with Crippen LogP contribution in [-0.4, -0.2) is 36.7 Å². The lowest BCUT2D eigenvalue weighted by atomic mass is 10.1. The van der Waals surface area contributed by atoms with Crippen LogP contribution in [-0.2, 0) is 16.4 Å². The molecule has 0 fully saturated rings. The average molecular weight is 364 g/mol. The first-order valence-electron chi connectivity index (χ1n) is 8.28. The van der Waals surface area contributed by atoms with E-state index in [1.165, 1.54) is 25.0 Å². The monoisotopic (exact) mass is 364 g/mol. The van der Waals surface area contributed by atoms with E-state index in [9.17, 15) is 8.42 Å².